The Hall–Kier alpha value is -1.26. The zero-order chi connectivity index (χ0) is 16.8. The number of ether oxygens (including phenoxy) is 1. The summed E-state index contributed by atoms with van der Waals surface area (Å²) < 4.78 is 5.30. The molecule has 2 N–H and O–H groups in total. The first kappa shape index (κ1) is 17.1. The second-order valence-corrected chi connectivity index (χ2v) is 8.05. The Morgan fingerprint density at radius 1 is 1.41 bits per heavy atom. The molecule has 1 aliphatic carbocycles. The van der Waals surface area contributed by atoms with Crippen LogP contribution < -0.4 is 5.32 Å². The summed E-state index contributed by atoms with van der Waals surface area (Å²) in [6.07, 6.45) is 0.337. The average Bonchev–Trinajstić information content (AvgIpc) is 2.90. The van der Waals surface area contributed by atoms with Gasteiger partial charge in [-0.15, -0.1) is 0 Å². The van der Waals surface area contributed by atoms with Crippen LogP contribution in [0.4, 0.5) is 10.5 Å². The summed E-state index contributed by atoms with van der Waals surface area (Å²) in [5.74, 6) is 0. The minimum absolute atomic E-state index is 0.0139. The van der Waals surface area contributed by atoms with Gasteiger partial charge in [0.15, 0.2) is 0 Å². The molecule has 1 aliphatic rings. The molecule has 1 fully saturated rings. The Labute approximate surface area is 136 Å². The summed E-state index contributed by atoms with van der Waals surface area (Å²) in [4.78, 5) is 12.0. The van der Waals surface area contributed by atoms with Crippen molar-refractivity contribution in [3.63, 3.8) is 0 Å². The lowest BCUT2D eigenvalue weighted by Gasteiger charge is -2.24. The highest BCUT2D eigenvalue weighted by Crippen LogP contribution is 2.65. The molecular weight excluding hydrogens is 302 g/mol. The second kappa shape index (κ2) is 5.43. The third-order valence-corrected chi connectivity index (χ3v) is 4.55. The number of hydrogen-bond donors (Lipinski definition) is 2. The molecule has 0 spiro atoms. The van der Waals surface area contributed by atoms with Crippen molar-refractivity contribution in [3.8, 4) is 0 Å². The Kier molecular flexibility index (Phi) is 4.22. The molecule has 22 heavy (non-hydrogen) atoms. The third-order valence-electron chi connectivity index (χ3n) is 4.32. The highest BCUT2D eigenvalue weighted by atomic mass is 35.5. The second-order valence-electron chi connectivity index (χ2n) is 7.62. The molecule has 122 valence electrons. The molecule has 0 saturated heterocycles. The molecule has 4 nitrogen and oxygen atoms in total. The van der Waals surface area contributed by atoms with E-state index in [0.717, 1.165) is 12.0 Å². The average molecular weight is 326 g/mol. The van der Waals surface area contributed by atoms with E-state index in [1.807, 2.05) is 26.8 Å². The molecular formula is C17H24ClNO3. The first-order valence-corrected chi connectivity index (χ1v) is 7.79. The standard InChI is InChI=1S/C17H24ClNO3/c1-15(2,3)22-14(21)19-13-8-11(18)6-7-12(13)17(10-20)9-16(17,4)5/h6-8,20H,9-10H2,1-5H3,(H,19,21). The van der Waals surface area contributed by atoms with Crippen molar-refractivity contribution in [3.05, 3.63) is 28.8 Å². The summed E-state index contributed by atoms with van der Waals surface area (Å²) in [7, 11) is 0. The van der Waals surface area contributed by atoms with Gasteiger partial charge in [0, 0.05) is 16.1 Å². The molecule has 1 aromatic rings. The predicted octanol–water partition coefficient (Wildman–Crippen LogP) is 4.35. The van der Waals surface area contributed by atoms with Gasteiger partial charge in [-0.3, -0.25) is 5.32 Å². The van der Waals surface area contributed by atoms with Crippen LogP contribution in [0.15, 0.2) is 18.2 Å². The number of carbonyl (C=O) groups excluding carboxylic acids is 1. The van der Waals surface area contributed by atoms with Crippen LogP contribution in [-0.2, 0) is 10.2 Å². The van der Waals surface area contributed by atoms with Crippen molar-refractivity contribution in [2.45, 2.75) is 52.1 Å². The maximum atomic E-state index is 12.0. The number of amides is 1. The van der Waals surface area contributed by atoms with Crippen LogP contribution >= 0.6 is 11.6 Å². The molecule has 0 heterocycles. The van der Waals surface area contributed by atoms with Crippen molar-refractivity contribution in [1.82, 2.24) is 0 Å². The quantitative estimate of drug-likeness (QED) is 0.868. The van der Waals surface area contributed by atoms with E-state index in [1.54, 1.807) is 12.1 Å². The van der Waals surface area contributed by atoms with E-state index in [2.05, 4.69) is 19.2 Å². The van der Waals surface area contributed by atoms with E-state index in [1.165, 1.54) is 0 Å². The number of halogens is 1. The number of hydrogen-bond acceptors (Lipinski definition) is 3. The van der Waals surface area contributed by atoms with E-state index < -0.39 is 11.7 Å². The van der Waals surface area contributed by atoms with Crippen molar-refractivity contribution >= 4 is 23.4 Å². The van der Waals surface area contributed by atoms with Gasteiger partial charge in [-0.05, 0) is 50.3 Å². The summed E-state index contributed by atoms with van der Waals surface area (Å²) in [6.45, 7) is 9.68. The molecule has 0 aliphatic heterocycles. The van der Waals surface area contributed by atoms with Crippen molar-refractivity contribution in [2.24, 2.45) is 5.41 Å². The van der Waals surface area contributed by atoms with Crippen LogP contribution in [0.5, 0.6) is 0 Å². The summed E-state index contributed by atoms with van der Waals surface area (Å²) in [5.41, 5.74) is 0.565. The van der Waals surface area contributed by atoms with Gasteiger partial charge in [0.2, 0.25) is 0 Å². The smallest absolute Gasteiger partial charge is 0.412 e. The largest absolute Gasteiger partial charge is 0.444 e. The first-order chi connectivity index (χ1) is 10.0. The molecule has 2 rings (SSSR count). The van der Waals surface area contributed by atoms with Crippen molar-refractivity contribution in [1.29, 1.82) is 0 Å². The monoisotopic (exact) mass is 325 g/mol. The van der Waals surface area contributed by atoms with Crippen LogP contribution in [-0.4, -0.2) is 23.4 Å². The van der Waals surface area contributed by atoms with Gasteiger partial charge in [0.1, 0.15) is 5.60 Å². The molecule has 1 saturated carbocycles. The lowest BCUT2D eigenvalue weighted by atomic mass is 9.87. The van der Waals surface area contributed by atoms with Crippen LogP contribution in [0.1, 0.15) is 46.6 Å². The molecule has 0 radical (unpaired) electrons. The maximum Gasteiger partial charge on any atom is 0.412 e. The third kappa shape index (κ3) is 3.23. The van der Waals surface area contributed by atoms with Crippen LogP contribution in [0, 0.1) is 5.41 Å². The zero-order valence-corrected chi connectivity index (χ0v) is 14.5. The molecule has 1 amide bonds. The van der Waals surface area contributed by atoms with Crippen LogP contribution in [0.3, 0.4) is 0 Å². The number of anilines is 1. The van der Waals surface area contributed by atoms with Crippen LogP contribution in [0.2, 0.25) is 5.02 Å². The Bertz CT molecular complexity index is 592. The Morgan fingerprint density at radius 2 is 2.00 bits per heavy atom. The molecule has 5 heteroatoms. The van der Waals surface area contributed by atoms with Gasteiger partial charge < -0.3 is 9.84 Å². The Morgan fingerprint density at radius 3 is 2.45 bits per heavy atom. The van der Waals surface area contributed by atoms with E-state index >= 15 is 0 Å². The first-order valence-electron chi connectivity index (χ1n) is 7.42. The van der Waals surface area contributed by atoms with Crippen LogP contribution in [0.25, 0.3) is 0 Å². The molecule has 0 bridgehead atoms. The van der Waals surface area contributed by atoms with Gasteiger partial charge in [-0.1, -0.05) is 31.5 Å². The number of carbonyl (C=O) groups is 1. The van der Waals surface area contributed by atoms with E-state index in [9.17, 15) is 9.90 Å². The number of benzene rings is 1. The highest BCUT2D eigenvalue weighted by Gasteiger charge is 2.62. The van der Waals surface area contributed by atoms with Crippen molar-refractivity contribution in [2.75, 3.05) is 11.9 Å². The van der Waals surface area contributed by atoms with Gasteiger partial charge in [-0.2, -0.15) is 0 Å². The number of rotatable bonds is 3. The summed E-state index contributed by atoms with van der Waals surface area (Å²) >= 11 is 6.06. The predicted molar refractivity (Wildman–Crippen MR) is 88.5 cm³/mol. The number of nitrogens with one attached hydrogen (secondary N) is 1. The van der Waals surface area contributed by atoms with E-state index in [-0.39, 0.29) is 17.4 Å². The van der Waals surface area contributed by atoms with Gasteiger partial charge >= 0.3 is 6.09 Å². The maximum absolute atomic E-state index is 12.0. The van der Waals surface area contributed by atoms with E-state index in [0.29, 0.717) is 10.7 Å². The Balaban J connectivity index is 2.32. The normalized spacial score (nSPS) is 23.0. The minimum Gasteiger partial charge on any atom is -0.444 e. The molecule has 0 aromatic heterocycles. The lowest BCUT2D eigenvalue weighted by Crippen LogP contribution is -2.28. The summed E-state index contributed by atoms with van der Waals surface area (Å²) in [5, 5.41) is 13.2. The fourth-order valence-corrected chi connectivity index (χ4v) is 3.15. The number of aliphatic hydroxyl groups is 1. The highest BCUT2D eigenvalue weighted by molar-refractivity contribution is 6.31. The van der Waals surface area contributed by atoms with Gasteiger partial charge in [0.25, 0.3) is 0 Å². The fraction of sp³-hybridized carbons (Fsp3) is 0.588. The zero-order valence-electron chi connectivity index (χ0n) is 13.8. The SMILES string of the molecule is CC(C)(C)OC(=O)Nc1cc(Cl)ccc1C1(CO)CC1(C)C. The number of aliphatic hydroxyl groups excluding tert-OH is 1. The fourth-order valence-electron chi connectivity index (χ4n) is 2.98. The lowest BCUT2D eigenvalue weighted by molar-refractivity contribution is 0.0635. The summed E-state index contributed by atoms with van der Waals surface area (Å²) in [6, 6.07) is 5.36. The van der Waals surface area contributed by atoms with Gasteiger partial charge in [-0.25, -0.2) is 4.79 Å². The molecule has 1 atom stereocenters. The van der Waals surface area contributed by atoms with Gasteiger partial charge in [0.05, 0.1) is 6.61 Å². The van der Waals surface area contributed by atoms with E-state index in [4.69, 9.17) is 16.3 Å². The minimum atomic E-state index is -0.573. The molecule has 1 unspecified atom stereocenters. The van der Waals surface area contributed by atoms with Crippen molar-refractivity contribution < 1.29 is 14.6 Å². The molecule has 1 aromatic carbocycles. The topological polar surface area (TPSA) is 58.6 Å².